The van der Waals surface area contributed by atoms with Gasteiger partial charge in [-0.1, -0.05) is 33.6 Å². The number of benzene rings is 2. The van der Waals surface area contributed by atoms with E-state index in [9.17, 15) is 8.78 Å². The molecular weight excluding hydrogens is 526 g/mol. The molecule has 0 saturated carbocycles. The van der Waals surface area contributed by atoms with Crippen molar-refractivity contribution in [2.24, 2.45) is 5.92 Å². The first-order valence-corrected chi connectivity index (χ1v) is 12.2. The molecule has 34 heavy (non-hydrogen) atoms. The second kappa shape index (κ2) is 9.93. The Balaban J connectivity index is 1.51. The van der Waals surface area contributed by atoms with Gasteiger partial charge < -0.3 is 15.2 Å². The van der Waals surface area contributed by atoms with Crippen LogP contribution >= 0.6 is 27.5 Å². The van der Waals surface area contributed by atoms with Crippen LogP contribution < -0.4 is 10.6 Å². The van der Waals surface area contributed by atoms with Gasteiger partial charge >= 0.3 is 0 Å². The minimum atomic E-state index is -0.884. The van der Waals surface area contributed by atoms with Crippen molar-refractivity contribution in [3.63, 3.8) is 0 Å². The number of imidazole rings is 1. The van der Waals surface area contributed by atoms with Crippen LogP contribution in [-0.2, 0) is 13.1 Å². The first kappa shape index (κ1) is 23.1. The van der Waals surface area contributed by atoms with Gasteiger partial charge in [-0.2, -0.15) is 4.98 Å². The summed E-state index contributed by atoms with van der Waals surface area (Å²) in [6.45, 7) is 2.96. The number of fused-ring (bicyclic) bond motifs is 1. The molecule has 4 aromatic rings. The molecule has 0 bridgehead atoms. The summed E-state index contributed by atoms with van der Waals surface area (Å²) in [7, 11) is 0. The zero-order valence-corrected chi connectivity index (χ0v) is 20.5. The fourth-order valence-electron chi connectivity index (χ4n) is 4.22. The monoisotopic (exact) mass is 546 g/mol. The molecule has 2 aromatic heterocycles. The minimum Gasteiger partial charge on any atom is -0.350 e. The lowest BCUT2D eigenvalue weighted by Gasteiger charge is -2.24. The van der Waals surface area contributed by atoms with E-state index in [-0.39, 0.29) is 6.54 Å². The predicted octanol–water partition coefficient (Wildman–Crippen LogP) is 5.80. The van der Waals surface area contributed by atoms with Crippen LogP contribution in [0.5, 0.6) is 0 Å². The van der Waals surface area contributed by atoms with Crippen LogP contribution in [0.1, 0.15) is 18.4 Å². The Kier molecular flexibility index (Phi) is 6.76. The highest BCUT2D eigenvalue weighted by atomic mass is 79.9. The minimum absolute atomic E-state index is 0.258. The van der Waals surface area contributed by atoms with E-state index in [2.05, 4.69) is 36.1 Å². The summed E-state index contributed by atoms with van der Waals surface area (Å²) in [5, 5.41) is 7.17. The quantitative estimate of drug-likeness (QED) is 0.319. The number of halogens is 4. The van der Waals surface area contributed by atoms with E-state index in [4.69, 9.17) is 21.6 Å². The number of piperidine rings is 1. The number of rotatable bonds is 6. The van der Waals surface area contributed by atoms with Gasteiger partial charge in [-0.25, -0.2) is 18.7 Å². The Morgan fingerprint density at radius 1 is 1.15 bits per heavy atom. The van der Waals surface area contributed by atoms with Crippen molar-refractivity contribution in [1.82, 2.24) is 24.8 Å². The van der Waals surface area contributed by atoms with E-state index < -0.39 is 11.6 Å². The molecule has 0 unspecified atom stereocenters. The van der Waals surface area contributed by atoms with Gasteiger partial charge in [-0.15, -0.1) is 0 Å². The second-order valence-electron chi connectivity index (χ2n) is 8.39. The summed E-state index contributed by atoms with van der Waals surface area (Å²) in [5.74, 6) is -0.206. The van der Waals surface area contributed by atoms with Crippen molar-refractivity contribution >= 4 is 44.6 Å². The number of anilines is 1. The maximum Gasteiger partial charge on any atom is 0.225 e. The molecule has 0 spiro atoms. The van der Waals surface area contributed by atoms with Gasteiger partial charge in [0.05, 0.1) is 11.2 Å². The van der Waals surface area contributed by atoms with Crippen LogP contribution in [0.25, 0.3) is 22.6 Å². The molecule has 0 aliphatic carbocycles. The van der Waals surface area contributed by atoms with E-state index in [0.29, 0.717) is 33.6 Å². The zero-order valence-electron chi connectivity index (χ0n) is 18.2. The molecule has 3 heterocycles. The Morgan fingerprint density at radius 2 is 2.03 bits per heavy atom. The normalized spacial score (nSPS) is 16.2. The first-order valence-electron chi connectivity index (χ1n) is 11.0. The Hall–Kier alpha value is -2.62. The van der Waals surface area contributed by atoms with E-state index in [0.717, 1.165) is 60.5 Å². The molecule has 1 fully saturated rings. The van der Waals surface area contributed by atoms with Crippen LogP contribution in [0.4, 0.5) is 14.7 Å². The summed E-state index contributed by atoms with van der Waals surface area (Å²) in [6, 6.07) is 9.48. The fraction of sp³-hybridized carbons (Fsp3) is 0.292. The predicted molar refractivity (Wildman–Crippen MR) is 133 cm³/mol. The van der Waals surface area contributed by atoms with E-state index in [1.807, 2.05) is 18.2 Å². The highest BCUT2D eigenvalue weighted by molar-refractivity contribution is 9.10. The molecule has 2 aromatic carbocycles. The standard InChI is InChI=1S/C24H22BrClF2N6/c25-16-4-5-18(26)17(9-16)22-32-21-12-31-24(30-11-14-3-6-19(27)20(28)8-14)33-23(21)34(22)13-15-2-1-7-29-10-15/h3-6,8-9,12,15,29H,1-2,7,10-11,13H2,(H,30,31,33)/t15-/m1/s1. The Bertz CT molecular complexity index is 1340. The summed E-state index contributed by atoms with van der Waals surface area (Å²) in [6.07, 6.45) is 3.91. The zero-order chi connectivity index (χ0) is 23.7. The van der Waals surface area contributed by atoms with Crippen molar-refractivity contribution in [2.45, 2.75) is 25.9 Å². The summed E-state index contributed by atoms with van der Waals surface area (Å²) in [4.78, 5) is 13.9. The van der Waals surface area contributed by atoms with Crippen LogP contribution in [0.3, 0.4) is 0 Å². The molecule has 2 N–H and O–H groups in total. The van der Waals surface area contributed by atoms with Crippen LogP contribution in [0.2, 0.25) is 5.02 Å². The SMILES string of the molecule is Fc1ccc(CNc2ncc3nc(-c4cc(Br)ccc4Cl)n(C[C@@H]4CCCNC4)c3n2)cc1F. The third-order valence-electron chi connectivity index (χ3n) is 5.93. The molecule has 1 aliphatic rings. The van der Waals surface area contributed by atoms with Crippen LogP contribution in [0.15, 0.2) is 47.1 Å². The van der Waals surface area contributed by atoms with E-state index >= 15 is 0 Å². The fourth-order valence-corrected chi connectivity index (χ4v) is 4.78. The van der Waals surface area contributed by atoms with Crippen molar-refractivity contribution < 1.29 is 8.78 Å². The third kappa shape index (κ3) is 4.92. The van der Waals surface area contributed by atoms with Gasteiger partial charge in [0.1, 0.15) is 11.3 Å². The topological polar surface area (TPSA) is 67.7 Å². The average molecular weight is 548 g/mol. The molecule has 10 heteroatoms. The molecule has 0 radical (unpaired) electrons. The molecule has 0 amide bonds. The lowest BCUT2D eigenvalue weighted by molar-refractivity contribution is 0.341. The number of hydrogen-bond donors (Lipinski definition) is 2. The van der Waals surface area contributed by atoms with Gasteiger partial charge in [-0.05, 0) is 67.7 Å². The molecule has 5 rings (SSSR count). The molecule has 176 valence electrons. The second-order valence-corrected chi connectivity index (χ2v) is 9.71. The smallest absolute Gasteiger partial charge is 0.225 e. The largest absolute Gasteiger partial charge is 0.350 e. The molecule has 6 nitrogen and oxygen atoms in total. The van der Waals surface area contributed by atoms with Gasteiger partial charge in [0.15, 0.2) is 17.3 Å². The number of hydrogen-bond acceptors (Lipinski definition) is 5. The molecular formula is C24H22BrClF2N6. The summed E-state index contributed by atoms with van der Waals surface area (Å²) >= 11 is 10.1. The van der Waals surface area contributed by atoms with Crippen molar-refractivity contribution in [3.05, 3.63) is 69.3 Å². The molecule has 1 atom stereocenters. The summed E-state index contributed by atoms with van der Waals surface area (Å²) < 4.78 is 29.8. The highest BCUT2D eigenvalue weighted by Gasteiger charge is 2.22. The van der Waals surface area contributed by atoms with Gasteiger partial charge in [0.2, 0.25) is 5.95 Å². The lowest BCUT2D eigenvalue weighted by atomic mass is 9.99. The molecule has 1 aliphatic heterocycles. The van der Waals surface area contributed by atoms with Crippen molar-refractivity contribution in [2.75, 3.05) is 18.4 Å². The first-order chi connectivity index (χ1) is 16.5. The van der Waals surface area contributed by atoms with E-state index in [1.165, 1.54) is 6.07 Å². The van der Waals surface area contributed by atoms with Crippen molar-refractivity contribution in [3.8, 4) is 11.4 Å². The average Bonchev–Trinajstić information content (AvgIpc) is 3.19. The maximum atomic E-state index is 13.5. The number of nitrogens with one attached hydrogen (secondary N) is 2. The van der Waals surface area contributed by atoms with Crippen LogP contribution in [-0.4, -0.2) is 32.6 Å². The van der Waals surface area contributed by atoms with Crippen LogP contribution in [0, 0.1) is 17.6 Å². The van der Waals surface area contributed by atoms with Crippen molar-refractivity contribution in [1.29, 1.82) is 0 Å². The highest BCUT2D eigenvalue weighted by Crippen LogP contribution is 2.33. The van der Waals surface area contributed by atoms with Gasteiger partial charge in [0, 0.05) is 23.1 Å². The summed E-state index contributed by atoms with van der Waals surface area (Å²) in [5.41, 5.74) is 2.76. The Morgan fingerprint density at radius 3 is 2.82 bits per heavy atom. The maximum absolute atomic E-state index is 13.5. The Labute approximate surface area is 208 Å². The lowest BCUT2D eigenvalue weighted by Crippen LogP contribution is -2.32. The molecule has 1 saturated heterocycles. The number of nitrogens with zero attached hydrogens (tertiary/aromatic N) is 4. The third-order valence-corrected chi connectivity index (χ3v) is 6.75. The van der Waals surface area contributed by atoms with E-state index in [1.54, 1.807) is 6.20 Å². The number of aromatic nitrogens is 4. The van der Waals surface area contributed by atoms with Gasteiger partial charge in [-0.3, -0.25) is 0 Å². The van der Waals surface area contributed by atoms with Gasteiger partial charge in [0.25, 0.3) is 0 Å².